The fraction of sp³-hybridized carbons (Fsp3) is 0.471. The van der Waals surface area contributed by atoms with E-state index in [1.165, 1.54) is 36.9 Å². The summed E-state index contributed by atoms with van der Waals surface area (Å²) >= 11 is 1.48. The molecule has 0 aromatic heterocycles. The molecule has 0 saturated carbocycles. The number of esters is 1. The lowest BCUT2D eigenvalue weighted by Crippen LogP contribution is -2.45. The number of nitrogens with one attached hydrogen (secondary N) is 2. The van der Waals surface area contributed by atoms with Crippen molar-refractivity contribution in [3.8, 4) is 0 Å². The van der Waals surface area contributed by atoms with Crippen LogP contribution >= 0.6 is 11.8 Å². The minimum atomic E-state index is -0.996. The van der Waals surface area contributed by atoms with E-state index in [0.29, 0.717) is 18.7 Å². The zero-order valence-electron chi connectivity index (χ0n) is 15.4. The molecule has 10 heteroatoms. The molecule has 2 atom stereocenters. The highest BCUT2D eigenvalue weighted by Gasteiger charge is 2.26. The molecule has 1 rings (SSSR count). The van der Waals surface area contributed by atoms with Crippen LogP contribution in [-0.2, 0) is 14.3 Å². The van der Waals surface area contributed by atoms with Crippen molar-refractivity contribution < 1.29 is 24.0 Å². The lowest BCUT2D eigenvalue weighted by Gasteiger charge is -2.20. The van der Waals surface area contributed by atoms with E-state index in [9.17, 15) is 24.5 Å². The van der Waals surface area contributed by atoms with Gasteiger partial charge in [-0.1, -0.05) is 6.07 Å². The fourth-order valence-corrected chi connectivity index (χ4v) is 2.59. The first-order chi connectivity index (χ1) is 12.8. The van der Waals surface area contributed by atoms with Crippen LogP contribution in [0.5, 0.6) is 0 Å². The zero-order valence-corrected chi connectivity index (χ0v) is 16.2. The first-order valence-electron chi connectivity index (χ1n) is 8.32. The van der Waals surface area contributed by atoms with Gasteiger partial charge in [0.15, 0.2) is 6.10 Å². The molecular formula is C17H23N3O6S. The molecule has 0 bridgehead atoms. The smallest absolute Gasteiger partial charge is 0.329 e. The van der Waals surface area contributed by atoms with Gasteiger partial charge >= 0.3 is 5.97 Å². The number of nitro groups is 1. The van der Waals surface area contributed by atoms with Crippen LogP contribution in [0.4, 0.5) is 5.69 Å². The Labute approximate surface area is 161 Å². The third-order valence-corrected chi connectivity index (χ3v) is 4.18. The molecule has 2 N–H and O–H groups in total. The van der Waals surface area contributed by atoms with E-state index in [4.69, 9.17) is 4.74 Å². The molecule has 27 heavy (non-hydrogen) atoms. The van der Waals surface area contributed by atoms with Gasteiger partial charge in [-0.15, -0.1) is 0 Å². The maximum Gasteiger partial charge on any atom is 0.329 e. The molecule has 0 aliphatic carbocycles. The summed E-state index contributed by atoms with van der Waals surface area (Å²) < 4.78 is 5.14. The molecule has 148 valence electrons. The Balaban J connectivity index is 2.85. The highest BCUT2D eigenvalue weighted by atomic mass is 32.2. The Bertz CT molecular complexity index is 697. The van der Waals surface area contributed by atoms with E-state index in [2.05, 4.69) is 10.6 Å². The van der Waals surface area contributed by atoms with Gasteiger partial charge in [-0.05, 0) is 38.3 Å². The quantitative estimate of drug-likeness (QED) is 0.348. The second-order valence-corrected chi connectivity index (χ2v) is 6.57. The molecule has 0 spiro atoms. The number of thioether (sulfide) groups is 1. The summed E-state index contributed by atoms with van der Waals surface area (Å²) in [6.45, 7) is 3.59. The minimum absolute atomic E-state index is 0.0583. The van der Waals surface area contributed by atoms with Crippen molar-refractivity contribution in [3.63, 3.8) is 0 Å². The van der Waals surface area contributed by atoms with E-state index >= 15 is 0 Å². The van der Waals surface area contributed by atoms with Crippen LogP contribution < -0.4 is 10.6 Å². The van der Waals surface area contributed by atoms with Crippen molar-refractivity contribution in [2.24, 2.45) is 0 Å². The van der Waals surface area contributed by atoms with Crippen LogP contribution in [0.25, 0.3) is 0 Å². The van der Waals surface area contributed by atoms with E-state index in [1.807, 2.05) is 6.26 Å². The minimum Gasteiger partial charge on any atom is -0.451 e. The molecule has 2 amide bonds. The van der Waals surface area contributed by atoms with E-state index in [-0.39, 0.29) is 11.3 Å². The third kappa shape index (κ3) is 7.26. The molecule has 0 radical (unpaired) electrons. The topological polar surface area (TPSA) is 128 Å². The molecule has 0 saturated heterocycles. The second kappa shape index (κ2) is 11.2. The van der Waals surface area contributed by atoms with Crippen LogP contribution in [0, 0.1) is 10.1 Å². The predicted molar refractivity (Wildman–Crippen MR) is 102 cm³/mol. The van der Waals surface area contributed by atoms with Crippen molar-refractivity contribution in [1.82, 2.24) is 10.6 Å². The second-order valence-electron chi connectivity index (χ2n) is 5.59. The average molecular weight is 397 g/mol. The van der Waals surface area contributed by atoms with Gasteiger partial charge in [-0.25, -0.2) is 4.79 Å². The SMILES string of the molecule is CCNC(=O)[C@H](C)OC(=O)[C@@H](CCSC)NC(=O)c1cccc([N+](=O)[O-])c1. The molecular weight excluding hydrogens is 374 g/mol. The first kappa shape index (κ1) is 22.4. The Hall–Kier alpha value is -2.62. The molecule has 0 fully saturated rings. The summed E-state index contributed by atoms with van der Waals surface area (Å²) in [6, 6.07) is 4.23. The normalized spacial score (nSPS) is 12.6. The molecule has 0 heterocycles. The lowest BCUT2D eigenvalue weighted by atomic mass is 10.1. The number of rotatable bonds is 10. The van der Waals surface area contributed by atoms with Gasteiger partial charge < -0.3 is 15.4 Å². The monoisotopic (exact) mass is 397 g/mol. The summed E-state index contributed by atoms with van der Waals surface area (Å²) in [7, 11) is 0. The number of carbonyl (C=O) groups is 3. The summed E-state index contributed by atoms with van der Waals surface area (Å²) in [5, 5.41) is 15.9. The van der Waals surface area contributed by atoms with Crippen LogP contribution in [0.1, 0.15) is 30.6 Å². The number of nitrogens with zero attached hydrogens (tertiary/aromatic N) is 1. The Morgan fingerprint density at radius 1 is 1.33 bits per heavy atom. The number of carbonyl (C=O) groups excluding carboxylic acids is 3. The number of likely N-dealkylation sites (N-methyl/N-ethyl adjacent to an activating group) is 1. The highest BCUT2D eigenvalue weighted by Crippen LogP contribution is 2.14. The summed E-state index contributed by atoms with van der Waals surface area (Å²) in [4.78, 5) is 46.7. The van der Waals surface area contributed by atoms with Gasteiger partial charge in [0.05, 0.1) is 4.92 Å². The van der Waals surface area contributed by atoms with Crippen LogP contribution in [0.2, 0.25) is 0 Å². The Kier molecular flexibility index (Phi) is 9.27. The average Bonchev–Trinajstić information content (AvgIpc) is 2.64. The number of amides is 2. The largest absolute Gasteiger partial charge is 0.451 e. The van der Waals surface area contributed by atoms with Gasteiger partial charge in [0.25, 0.3) is 17.5 Å². The van der Waals surface area contributed by atoms with Crippen molar-refractivity contribution in [3.05, 3.63) is 39.9 Å². The summed E-state index contributed by atoms with van der Waals surface area (Å²) in [5.74, 6) is -1.22. The summed E-state index contributed by atoms with van der Waals surface area (Å²) in [5.41, 5.74) is -0.168. The molecule has 0 aliphatic heterocycles. The number of hydrogen-bond acceptors (Lipinski definition) is 7. The molecule has 0 aliphatic rings. The van der Waals surface area contributed by atoms with Gasteiger partial charge in [0, 0.05) is 24.2 Å². The molecule has 1 aromatic carbocycles. The first-order valence-corrected chi connectivity index (χ1v) is 9.72. The molecule has 1 aromatic rings. The third-order valence-electron chi connectivity index (χ3n) is 3.53. The molecule has 9 nitrogen and oxygen atoms in total. The van der Waals surface area contributed by atoms with Crippen LogP contribution in [0.3, 0.4) is 0 Å². The van der Waals surface area contributed by atoms with E-state index in [1.54, 1.807) is 6.92 Å². The van der Waals surface area contributed by atoms with Crippen molar-refractivity contribution in [2.75, 3.05) is 18.6 Å². The highest BCUT2D eigenvalue weighted by molar-refractivity contribution is 7.98. The maximum atomic E-state index is 12.4. The lowest BCUT2D eigenvalue weighted by molar-refractivity contribution is -0.384. The number of hydrogen-bond donors (Lipinski definition) is 2. The number of non-ortho nitro benzene ring substituents is 1. The zero-order chi connectivity index (χ0) is 20.4. The van der Waals surface area contributed by atoms with Gasteiger partial charge in [-0.3, -0.25) is 19.7 Å². The predicted octanol–water partition coefficient (Wildman–Crippen LogP) is 1.51. The van der Waals surface area contributed by atoms with Crippen LogP contribution in [-0.4, -0.2) is 53.4 Å². The Morgan fingerprint density at radius 3 is 2.63 bits per heavy atom. The standard InChI is InChI=1S/C17H23N3O6S/c1-4-18-15(21)11(2)26-17(23)14(8-9-27-3)19-16(22)12-6-5-7-13(10-12)20(24)25/h5-7,10-11,14H,4,8-9H2,1-3H3,(H,18,21)(H,19,22)/t11-,14+/m0/s1. The van der Waals surface area contributed by atoms with Gasteiger partial charge in [0.1, 0.15) is 6.04 Å². The van der Waals surface area contributed by atoms with Crippen molar-refractivity contribution in [2.45, 2.75) is 32.4 Å². The van der Waals surface area contributed by atoms with E-state index < -0.39 is 34.9 Å². The molecule has 0 unspecified atom stereocenters. The maximum absolute atomic E-state index is 12.4. The van der Waals surface area contributed by atoms with Gasteiger partial charge in [-0.2, -0.15) is 11.8 Å². The van der Waals surface area contributed by atoms with Crippen molar-refractivity contribution >= 4 is 35.2 Å². The Morgan fingerprint density at radius 2 is 2.04 bits per heavy atom. The number of nitro benzene ring substituents is 1. The fourth-order valence-electron chi connectivity index (χ4n) is 2.11. The summed E-state index contributed by atoms with van der Waals surface area (Å²) in [6.07, 6.45) is 1.15. The number of benzene rings is 1. The number of ether oxygens (including phenoxy) is 1. The van der Waals surface area contributed by atoms with E-state index in [0.717, 1.165) is 6.07 Å². The van der Waals surface area contributed by atoms with Gasteiger partial charge in [0.2, 0.25) is 0 Å². The van der Waals surface area contributed by atoms with Crippen LogP contribution in [0.15, 0.2) is 24.3 Å². The van der Waals surface area contributed by atoms with Crippen molar-refractivity contribution in [1.29, 1.82) is 0 Å².